The number of benzene rings is 8. The smallest absolute Gasteiger partial charge is 0.211 e. The van der Waals surface area contributed by atoms with Gasteiger partial charge >= 0.3 is 0 Å². The number of hydrogen-bond acceptors (Lipinski definition) is 2. The Morgan fingerprint density at radius 1 is 0.534 bits per heavy atom. The average molecular weight is 741 g/mol. The Balaban J connectivity index is 1.10. The minimum atomic E-state index is -0.130. The number of fused-ring (bicyclic) bond motifs is 12. The number of nitrogens with zero attached hydrogens (tertiary/aromatic N) is 4. The van der Waals surface area contributed by atoms with Gasteiger partial charge in [0, 0.05) is 37.7 Å². The second kappa shape index (κ2) is 11.6. The molecule has 0 radical (unpaired) electrons. The van der Waals surface area contributed by atoms with Gasteiger partial charge in [0.1, 0.15) is 17.2 Å². The maximum absolute atomic E-state index is 11.0. The molecule has 11 aromatic rings. The molecule has 8 aromatic carbocycles. The van der Waals surface area contributed by atoms with Crippen LogP contribution in [-0.4, -0.2) is 9.13 Å². The van der Waals surface area contributed by atoms with Gasteiger partial charge in [0.15, 0.2) is 0 Å². The van der Waals surface area contributed by atoms with E-state index in [1.807, 2.05) is 42.5 Å². The SMILES string of the molecule is [C-]#[N+]c1cccc(-c2ccc(-n3c4ccccc4c4cc5c(cc43)-c3ccccc3C5(C)C)c(C#N)c2)c1-n1c2ccccc2c2cc3oc4ccccc4c3cc21. The predicted octanol–water partition coefficient (Wildman–Crippen LogP) is 14.2. The molecule has 5 nitrogen and oxygen atoms in total. The van der Waals surface area contributed by atoms with Crippen LogP contribution in [0.1, 0.15) is 30.5 Å². The molecule has 0 fully saturated rings. The van der Waals surface area contributed by atoms with Crippen LogP contribution in [0.25, 0.3) is 104 Å². The van der Waals surface area contributed by atoms with Gasteiger partial charge in [0.2, 0.25) is 5.69 Å². The van der Waals surface area contributed by atoms with Crippen LogP contribution in [0.3, 0.4) is 0 Å². The second-order valence-corrected chi connectivity index (χ2v) is 15.9. The Labute approximate surface area is 333 Å². The average Bonchev–Trinajstić information content (AvgIpc) is 3.96. The summed E-state index contributed by atoms with van der Waals surface area (Å²) in [6.07, 6.45) is 0. The highest BCUT2D eigenvalue weighted by atomic mass is 16.3. The molecule has 270 valence electrons. The number of hydrogen-bond donors (Lipinski definition) is 0. The van der Waals surface area contributed by atoms with Crippen LogP contribution < -0.4 is 0 Å². The van der Waals surface area contributed by atoms with Crippen molar-refractivity contribution in [3.63, 3.8) is 0 Å². The fourth-order valence-corrected chi connectivity index (χ4v) is 9.93. The van der Waals surface area contributed by atoms with Crippen molar-refractivity contribution in [1.29, 1.82) is 5.26 Å². The van der Waals surface area contributed by atoms with Gasteiger partial charge in [-0.1, -0.05) is 117 Å². The molecule has 0 bridgehead atoms. The summed E-state index contributed by atoms with van der Waals surface area (Å²) in [7, 11) is 0. The van der Waals surface area contributed by atoms with Gasteiger partial charge in [-0.05, 0) is 88.0 Å². The molecular formula is C53H32N4O. The van der Waals surface area contributed by atoms with E-state index in [0.29, 0.717) is 11.3 Å². The number of rotatable bonds is 3. The minimum absolute atomic E-state index is 0.130. The van der Waals surface area contributed by atoms with Crippen molar-refractivity contribution in [2.24, 2.45) is 0 Å². The fraction of sp³-hybridized carbons (Fsp3) is 0.0566. The molecule has 3 aromatic heterocycles. The van der Waals surface area contributed by atoms with E-state index in [1.54, 1.807) is 0 Å². The molecule has 1 aliphatic carbocycles. The van der Waals surface area contributed by atoms with E-state index >= 15 is 0 Å². The Morgan fingerprint density at radius 3 is 2.00 bits per heavy atom. The Kier molecular flexibility index (Phi) is 6.47. The van der Waals surface area contributed by atoms with Gasteiger partial charge in [0.25, 0.3) is 0 Å². The molecule has 0 unspecified atom stereocenters. The molecule has 0 aliphatic heterocycles. The molecule has 0 N–H and O–H groups in total. The summed E-state index contributed by atoms with van der Waals surface area (Å²) in [4.78, 5) is 4.09. The lowest BCUT2D eigenvalue weighted by molar-refractivity contribution is 0.661. The first-order valence-electron chi connectivity index (χ1n) is 19.5. The zero-order chi connectivity index (χ0) is 38.9. The van der Waals surface area contributed by atoms with Gasteiger partial charge in [0.05, 0.1) is 45.6 Å². The molecule has 0 saturated heterocycles. The normalized spacial score (nSPS) is 13.1. The van der Waals surface area contributed by atoms with Gasteiger partial charge < -0.3 is 13.6 Å². The number of aromatic nitrogens is 2. The summed E-state index contributed by atoms with van der Waals surface area (Å²) in [5, 5.41) is 17.5. The van der Waals surface area contributed by atoms with E-state index in [0.717, 1.165) is 82.7 Å². The Morgan fingerprint density at radius 2 is 1.21 bits per heavy atom. The summed E-state index contributed by atoms with van der Waals surface area (Å²) < 4.78 is 10.8. The third kappa shape index (κ3) is 4.22. The molecule has 12 rings (SSSR count). The molecular weight excluding hydrogens is 709 g/mol. The molecule has 0 atom stereocenters. The standard InChI is InChI=1S/C53H32N4O/c1-53(2)42-18-8-4-13-34(42)38-27-48-39(26-43(38)53)35-14-5-9-20-46(35)56(48)45-24-23-31(25-32(45)30-54)33-17-12-19-44(55-3)52(33)57-47-21-10-6-15-36(47)40-29-51-41(28-49(40)57)37-16-7-11-22-50(37)58-51/h4-29H,1-2H3. The van der Waals surface area contributed by atoms with Crippen LogP contribution in [0.15, 0.2) is 162 Å². The third-order valence-corrected chi connectivity index (χ3v) is 12.6. The fourth-order valence-electron chi connectivity index (χ4n) is 9.93. The van der Waals surface area contributed by atoms with Crippen molar-refractivity contribution in [3.05, 3.63) is 186 Å². The highest BCUT2D eigenvalue weighted by molar-refractivity contribution is 6.18. The van der Waals surface area contributed by atoms with Crippen LogP contribution in [0.2, 0.25) is 0 Å². The molecule has 58 heavy (non-hydrogen) atoms. The van der Waals surface area contributed by atoms with Crippen molar-refractivity contribution in [1.82, 2.24) is 9.13 Å². The zero-order valence-electron chi connectivity index (χ0n) is 31.7. The van der Waals surface area contributed by atoms with Gasteiger partial charge in [-0.15, -0.1) is 0 Å². The van der Waals surface area contributed by atoms with Crippen molar-refractivity contribution in [2.75, 3.05) is 0 Å². The highest BCUT2D eigenvalue weighted by Gasteiger charge is 2.36. The van der Waals surface area contributed by atoms with E-state index in [4.69, 9.17) is 11.0 Å². The quantitative estimate of drug-likeness (QED) is 0.169. The monoisotopic (exact) mass is 740 g/mol. The maximum Gasteiger partial charge on any atom is 0.211 e. The Bertz CT molecular complexity index is 3690. The number of furan rings is 1. The zero-order valence-corrected chi connectivity index (χ0v) is 31.7. The van der Waals surface area contributed by atoms with Crippen molar-refractivity contribution < 1.29 is 4.42 Å². The van der Waals surface area contributed by atoms with Crippen LogP contribution in [0, 0.1) is 17.9 Å². The van der Waals surface area contributed by atoms with Crippen LogP contribution >= 0.6 is 0 Å². The summed E-state index contributed by atoms with van der Waals surface area (Å²) in [5.41, 5.74) is 15.2. The van der Waals surface area contributed by atoms with Crippen LogP contribution in [0.5, 0.6) is 0 Å². The predicted molar refractivity (Wildman–Crippen MR) is 236 cm³/mol. The lowest BCUT2D eigenvalue weighted by Gasteiger charge is -2.21. The topological polar surface area (TPSA) is 51.1 Å². The first-order chi connectivity index (χ1) is 28.4. The summed E-state index contributed by atoms with van der Waals surface area (Å²) in [6, 6.07) is 57.3. The molecule has 3 heterocycles. The van der Waals surface area contributed by atoms with Crippen molar-refractivity contribution >= 4 is 71.2 Å². The van der Waals surface area contributed by atoms with Crippen molar-refractivity contribution in [2.45, 2.75) is 19.3 Å². The van der Waals surface area contributed by atoms with Gasteiger partial charge in [-0.2, -0.15) is 5.26 Å². The number of nitriles is 1. The van der Waals surface area contributed by atoms with E-state index < -0.39 is 0 Å². The maximum atomic E-state index is 11.0. The third-order valence-electron chi connectivity index (χ3n) is 12.6. The van der Waals surface area contributed by atoms with Gasteiger partial charge in [-0.25, -0.2) is 4.85 Å². The molecule has 5 heteroatoms. The largest absolute Gasteiger partial charge is 0.456 e. The van der Waals surface area contributed by atoms with E-state index in [1.165, 1.54) is 27.6 Å². The number of para-hydroxylation sites is 4. The van der Waals surface area contributed by atoms with Crippen molar-refractivity contribution in [3.8, 4) is 39.7 Å². The lowest BCUT2D eigenvalue weighted by atomic mass is 9.82. The lowest BCUT2D eigenvalue weighted by Crippen LogP contribution is -2.14. The molecule has 0 amide bonds. The van der Waals surface area contributed by atoms with E-state index in [9.17, 15) is 5.26 Å². The highest BCUT2D eigenvalue weighted by Crippen LogP contribution is 2.51. The first-order valence-corrected chi connectivity index (χ1v) is 19.5. The Hall–Kier alpha value is -7.86. The molecule has 1 aliphatic rings. The van der Waals surface area contributed by atoms with Crippen LogP contribution in [-0.2, 0) is 5.41 Å². The minimum Gasteiger partial charge on any atom is -0.456 e. The summed E-state index contributed by atoms with van der Waals surface area (Å²) >= 11 is 0. The first kappa shape index (κ1) is 32.4. The molecule has 0 saturated carbocycles. The summed E-state index contributed by atoms with van der Waals surface area (Å²) in [5.74, 6) is 0. The molecule has 0 spiro atoms. The summed E-state index contributed by atoms with van der Waals surface area (Å²) in [6.45, 7) is 13.0. The van der Waals surface area contributed by atoms with E-state index in [-0.39, 0.29) is 5.41 Å². The van der Waals surface area contributed by atoms with Gasteiger partial charge in [-0.3, -0.25) is 0 Å². The second-order valence-electron chi connectivity index (χ2n) is 15.9. The van der Waals surface area contributed by atoms with E-state index in [2.05, 4.69) is 149 Å². The van der Waals surface area contributed by atoms with Crippen LogP contribution in [0.4, 0.5) is 5.69 Å².